The van der Waals surface area contributed by atoms with E-state index in [1.54, 1.807) is 6.07 Å². The van der Waals surface area contributed by atoms with Crippen LogP contribution in [0.3, 0.4) is 0 Å². The summed E-state index contributed by atoms with van der Waals surface area (Å²) >= 11 is 0. The first kappa shape index (κ1) is 32.0. The standard InChI is InChI=1S/C44H32N3O.Pt/c1-30-19-21-33(22-20-30)34-23-24-45-40(29-34)36-14-10-13-35(28-36)39-26-32(25-31-11-4-2-5-12-31)27-41-43(39)46-44(38-17-8-9-18-42(38)48)47(41)37-15-6-3-7-16-37;/h2-24,26-27,29,48H,25H2,1H3;/q-1;. The summed E-state index contributed by atoms with van der Waals surface area (Å²) in [6, 6.07) is 55.2. The molecule has 0 aliphatic rings. The molecule has 8 aromatic rings. The summed E-state index contributed by atoms with van der Waals surface area (Å²) < 4.78 is 2.15. The normalized spacial score (nSPS) is 11.0. The van der Waals surface area contributed by atoms with Crippen LogP contribution in [0, 0.1) is 13.0 Å². The van der Waals surface area contributed by atoms with Gasteiger partial charge in [0.2, 0.25) is 0 Å². The Hall–Kier alpha value is -5.57. The quantitative estimate of drug-likeness (QED) is 0.163. The maximum Gasteiger partial charge on any atom is 0.148 e. The number of aromatic nitrogens is 3. The molecule has 2 aromatic heterocycles. The minimum atomic E-state index is 0. The monoisotopic (exact) mass is 813 g/mol. The number of para-hydroxylation sites is 2. The number of aromatic hydroxyl groups is 1. The van der Waals surface area contributed by atoms with Crippen molar-refractivity contribution in [3.05, 3.63) is 181 Å². The zero-order valence-corrected chi connectivity index (χ0v) is 29.1. The average Bonchev–Trinajstić information content (AvgIpc) is 3.52. The topological polar surface area (TPSA) is 50.9 Å². The van der Waals surface area contributed by atoms with E-state index in [1.165, 1.54) is 11.1 Å². The molecule has 0 aliphatic heterocycles. The maximum absolute atomic E-state index is 11.0. The zero-order valence-electron chi connectivity index (χ0n) is 26.8. The Morgan fingerprint density at radius 3 is 2.12 bits per heavy atom. The first-order chi connectivity index (χ1) is 23.6. The molecule has 0 spiro atoms. The molecule has 1 N–H and O–H groups in total. The minimum Gasteiger partial charge on any atom is -0.507 e. The molecule has 49 heavy (non-hydrogen) atoms. The second-order valence-corrected chi connectivity index (χ2v) is 12.1. The second kappa shape index (κ2) is 13.9. The predicted molar refractivity (Wildman–Crippen MR) is 195 cm³/mol. The number of pyridine rings is 1. The summed E-state index contributed by atoms with van der Waals surface area (Å²) in [5.74, 6) is 0.861. The van der Waals surface area contributed by atoms with Gasteiger partial charge in [0.1, 0.15) is 11.6 Å². The summed E-state index contributed by atoms with van der Waals surface area (Å²) in [6.07, 6.45) is 2.62. The Labute approximate surface area is 300 Å². The smallest absolute Gasteiger partial charge is 0.148 e. The second-order valence-electron chi connectivity index (χ2n) is 12.1. The van der Waals surface area contributed by atoms with Crippen LogP contribution in [-0.4, -0.2) is 19.6 Å². The largest absolute Gasteiger partial charge is 0.507 e. The van der Waals surface area contributed by atoms with E-state index in [9.17, 15) is 5.11 Å². The van der Waals surface area contributed by atoms with Crippen molar-refractivity contribution in [3.63, 3.8) is 0 Å². The van der Waals surface area contributed by atoms with Gasteiger partial charge in [0.15, 0.2) is 0 Å². The van der Waals surface area contributed by atoms with Crippen molar-refractivity contribution >= 4 is 11.0 Å². The fraction of sp³-hybridized carbons (Fsp3) is 0.0455. The van der Waals surface area contributed by atoms with Crippen molar-refractivity contribution in [1.29, 1.82) is 0 Å². The number of benzene rings is 6. The molecule has 8 rings (SSSR count). The third kappa shape index (κ3) is 6.48. The van der Waals surface area contributed by atoms with E-state index in [0.29, 0.717) is 11.4 Å². The van der Waals surface area contributed by atoms with Crippen molar-refractivity contribution in [2.45, 2.75) is 13.3 Å². The number of phenols is 1. The van der Waals surface area contributed by atoms with Crippen molar-refractivity contribution in [3.8, 4) is 56.3 Å². The van der Waals surface area contributed by atoms with Crippen LogP contribution in [0.25, 0.3) is 61.6 Å². The first-order valence-corrected chi connectivity index (χ1v) is 16.1. The van der Waals surface area contributed by atoms with Gasteiger partial charge in [-0.25, -0.2) is 4.98 Å². The summed E-state index contributed by atoms with van der Waals surface area (Å²) in [6.45, 7) is 2.10. The number of rotatable bonds is 7. The Bertz CT molecular complexity index is 2380. The van der Waals surface area contributed by atoms with Gasteiger partial charge in [-0.2, -0.15) is 0 Å². The number of imidazole rings is 1. The van der Waals surface area contributed by atoms with Gasteiger partial charge in [-0.15, -0.1) is 29.8 Å². The summed E-state index contributed by atoms with van der Waals surface area (Å²) in [4.78, 5) is 10.0. The van der Waals surface area contributed by atoms with E-state index in [4.69, 9.17) is 9.97 Å². The third-order valence-corrected chi connectivity index (χ3v) is 8.74. The van der Waals surface area contributed by atoms with Gasteiger partial charge in [-0.05, 0) is 72.0 Å². The third-order valence-electron chi connectivity index (χ3n) is 8.74. The number of hydrogen-bond acceptors (Lipinski definition) is 3. The van der Waals surface area contributed by atoms with Crippen LogP contribution in [0.1, 0.15) is 16.7 Å². The molecule has 5 heteroatoms. The molecule has 0 aliphatic carbocycles. The fourth-order valence-corrected chi connectivity index (χ4v) is 6.34. The van der Waals surface area contributed by atoms with Crippen LogP contribution in [0.2, 0.25) is 0 Å². The van der Waals surface area contributed by atoms with E-state index < -0.39 is 0 Å². The van der Waals surface area contributed by atoms with Crippen molar-refractivity contribution < 1.29 is 26.2 Å². The molecule has 6 aromatic carbocycles. The summed E-state index contributed by atoms with van der Waals surface area (Å²) in [5, 5.41) is 11.0. The van der Waals surface area contributed by atoms with Crippen LogP contribution >= 0.6 is 0 Å². The fourth-order valence-electron chi connectivity index (χ4n) is 6.34. The zero-order chi connectivity index (χ0) is 32.5. The van der Waals surface area contributed by atoms with E-state index >= 15 is 0 Å². The number of fused-ring (bicyclic) bond motifs is 1. The molecule has 0 unspecified atom stereocenters. The molecule has 240 valence electrons. The van der Waals surface area contributed by atoms with E-state index in [2.05, 4.69) is 115 Å². The van der Waals surface area contributed by atoms with Crippen molar-refractivity contribution in [2.75, 3.05) is 0 Å². The Balaban J connectivity index is 0.00000378. The van der Waals surface area contributed by atoms with E-state index in [-0.39, 0.29) is 26.8 Å². The average molecular weight is 814 g/mol. The van der Waals surface area contributed by atoms with Gasteiger partial charge in [0.05, 0.1) is 16.6 Å². The SMILES string of the molecule is Cc1ccc(-c2ccnc(-c3[c-]c(-c4cc(Cc5ccccc5)cc5c4nc(-c4ccccc4O)n5-c4ccccc4)ccc3)c2)cc1.[Pt]. The summed E-state index contributed by atoms with van der Waals surface area (Å²) in [5.41, 5.74) is 13.0. The molecule has 0 radical (unpaired) electrons. The molecule has 0 amide bonds. The van der Waals surface area contributed by atoms with Crippen LogP contribution < -0.4 is 0 Å². The summed E-state index contributed by atoms with van der Waals surface area (Å²) in [7, 11) is 0. The van der Waals surface area contributed by atoms with Gasteiger partial charge in [-0.3, -0.25) is 9.55 Å². The Kier molecular flexibility index (Phi) is 9.07. The predicted octanol–water partition coefficient (Wildman–Crippen LogP) is 10.5. The van der Waals surface area contributed by atoms with Crippen LogP contribution in [0.5, 0.6) is 5.75 Å². The van der Waals surface area contributed by atoms with E-state index in [1.807, 2.05) is 54.7 Å². The number of nitrogens with zero attached hydrogens (tertiary/aromatic N) is 3. The molecular weight excluding hydrogens is 782 g/mol. The number of hydrogen-bond donors (Lipinski definition) is 1. The van der Waals surface area contributed by atoms with Gasteiger partial charge in [0, 0.05) is 38.6 Å². The molecule has 0 fully saturated rings. The van der Waals surface area contributed by atoms with Gasteiger partial charge in [0.25, 0.3) is 0 Å². The first-order valence-electron chi connectivity index (χ1n) is 16.1. The van der Waals surface area contributed by atoms with Crippen LogP contribution in [0.4, 0.5) is 0 Å². The number of aryl methyl sites for hydroxylation is 1. The van der Waals surface area contributed by atoms with Gasteiger partial charge >= 0.3 is 0 Å². The van der Waals surface area contributed by atoms with E-state index in [0.717, 1.165) is 62.2 Å². The van der Waals surface area contributed by atoms with Crippen molar-refractivity contribution in [1.82, 2.24) is 14.5 Å². The number of phenolic OH excluding ortho intramolecular Hbond substituents is 1. The molecule has 0 atom stereocenters. The van der Waals surface area contributed by atoms with Crippen LogP contribution in [-0.2, 0) is 27.5 Å². The Morgan fingerprint density at radius 1 is 0.633 bits per heavy atom. The van der Waals surface area contributed by atoms with Gasteiger partial charge in [-0.1, -0.05) is 114 Å². The minimum absolute atomic E-state index is 0. The molecule has 0 saturated heterocycles. The van der Waals surface area contributed by atoms with Gasteiger partial charge < -0.3 is 5.11 Å². The molecule has 0 saturated carbocycles. The van der Waals surface area contributed by atoms with Crippen LogP contribution in [0.15, 0.2) is 158 Å². The molecule has 0 bridgehead atoms. The molecular formula is C44H32N3OPt-. The Morgan fingerprint density at radius 2 is 1.35 bits per heavy atom. The molecule has 4 nitrogen and oxygen atoms in total. The maximum atomic E-state index is 11.0. The molecule has 2 heterocycles. The van der Waals surface area contributed by atoms with Crippen molar-refractivity contribution in [2.24, 2.45) is 0 Å².